The van der Waals surface area contributed by atoms with Gasteiger partial charge in [-0.05, 0) is 118 Å². The van der Waals surface area contributed by atoms with Crippen LogP contribution in [0.5, 0.6) is 0 Å². The van der Waals surface area contributed by atoms with Gasteiger partial charge in [0.15, 0.2) is 0 Å². The molecular weight excluding hydrogens is 484 g/mol. The second-order valence-electron chi connectivity index (χ2n) is 15.1. The van der Waals surface area contributed by atoms with Crippen molar-refractivity contribution in [2.45, 2.75) is 124 Å². The molecular formula is C35H52O4. The van der Waals surface area contributed by atoms with Crippen molar-refractivity contribution >= 4 is 11.8 Å². The van der Waals surface area contributed by atoms with E-state index in [1.807, 2.05) is 26.8 Å². The monoisotopic (exact) mass is 536 g/mol. The minimum absolute atomic E-state index is 0.0810. The van der Waals surface area contributed by atoms with Gasteiger partial charge in [0.2, 0.25) is 0 Å². The lowest BCUT2D eigenvalue weighted by atomic mass is 9.44. The van der Waals surface area contributed by atoms with E-state index in [2.05, 4.69) is 45.0 Å². The van der Waals surface area contributed by atoms with E-state index in [0.717, 1.165) is 25.7 Å². The van der Waals surface area contributed by atoms with E-state index < -0.39 is 5.60 Å². The number of carbonyl (C=O) groups is 2. The first kappa shape index (κ1) is 28.8. The van der Waals surface area contributed by atoms with E-state index in [1.54, 1.807) is 0 Å². The van der Waals surface area contributed by atoms with Crippen LogP contribution in [-0.2, 0) is 25.7 Å². The third kappa shape index (κ3) is 5.74. The molecule has 0 aliphatic heterocycles. The highest BCUT2D eigenvalue weighted by Gasteiger charge is 2.63. The topological polar surface area (TPSA) is 52.6 Å². The lowest BCUT2D eigenvalue weighted by Crippen LogP contribution is -2.57. The van der Waals surface area contributed by atoms with Gasteiger partial charge in [-0.1, -0.05) is 51.1 Å². The molecule has 4 aliphatic carbocycles. The van der Waals surface area contributed by atoms with Crippen molar-refractivity contribution in [1.82, 2.24) is 0 Å². The molecule has 216 valence electrons. The number of hydrogen-bond acceptors (Lipinski definition) is 4. The third-order valence-corrected chi connectivity index (χ3v) is 11.7. The zero-order chi connectivity index (χ0) is 28.0. The first-order valence-electron chi connectivity index (χ1n) is 15.8. The maximum absolute atomic E-state index is 13.9. The average molecular weight is 537 g/mol. The van der Waals surface area contributed by atoms with Gasteiger partial charge in [-0.2, -0.15) is 0 Å². The molecule has 0 spiro atoms. The molecule has 9 atom stereocenters. The number of rotatable bonds is 7. The quantitative estimate of drug-likeness (QED) is 0.330. The summed E-state index contributed by atoms with van der Waals surface area (Å²) in [4.78, 5) is 26.3. The van der Waals surface area contributed by atoms with Crippen LogP contribution < -0.4 is 0 Å². The van der Waals surface area contributed by atoms with Gasteiger partial charge in [-0.15, -0.1) is 0 Å². The Morgan fingerprint density at radius 3 is 2.41 bits per heavy atom. The summed E-state index contributed by atoms with van der Waals surface area (Å²) < 4.78 is 12.0. The number of ether oxygens (including phenoxy) is 2. The number of hydrogen-bond donors (Lipinski definition) is 0. The zero-order valence-corrected chi connectivity index (χ0v) is 25.3. The first-order chi connectivity index (χ1) is 18.4. The average Bonchev–Trinajstić information content (AvgIpc) is 3.23. The number of ketones is 1. The lowest BCUT2D eigenvalue weighted by Gasteiger charge is -2.60. The van der Waals surface area contributed by atoms with Gasteiger partial charge in [-0.25, -0.2) is 0 Å². The summed E-state index contributed by atoms with van der Waals surface area (Å²) in [5, 5.41) is 0. The minimum atomic E-state index is -0.425. The molecule has 4 saturated carbocycles. The van der Waals surface area contributed by atoms with Crippen LogP contribution in [-0.4, -0.2) is 23.5 Å². The largest absolute Gasteiger partial charge is 0.460 e. The molecule has 4 heteroatoms. The van der Waals surface area contributed by atoms with Gasteiger partial charge in [0.05, 0.1) is 12.7 Å². The van der Waals surface area contributed by atoms with Gasteiger partial charge in [0, 0.05) is 18.8 Å². The van der Waals surface area contributed by atoms with Crippen LogP contribution in [0.15, 0.2) is 30.3 Å². The van der Waals surface area contributed by atoms with E-state index >= 15 is 0 Å². The minimum Gasteiger partial charge on any atom is -0.460 e. The van der Waals surface area contributed by atoms with Crippen LogP contribution in [0.2, 0.25) is 0 Å². The number of esters is 1. The SMILES string of the molecule is C[C@H](CCC(=O)OC(C)(C)C)[C@H]1CC[C@H]2[C@@H]3C(=O)C[C@@H]4C[C@H](OCc5ccccc5)CC[C@]4(C)[C@H]3CC[C@]12C. The highest BCUT2D eigenvalue weighted by molar-refractivity contribution is 5.83. The second kappa shape index (κ2) is 11.0. The van der Waals surface area contributed by atoms with Gasteiger partial charge in [-0.3, -0.25) is 9.59 Å². The van der Waals surface area contributed by atoms with Crippen molar-refractivity contribution in [3.63, 3.8) is 0 Å². The Morgan fingerprint density at radius 2 is 1.69 bits per heavy atom. The summed E-state index contributed by atoms with van der Waals surface area (Å²) in [7, 11) is 0. The van der Waals surface area contributed by atoms with Gasteiger partial charge < -0.3 is 9.47 Å². The van der Waals surface area contributed by atoms with Crippen molar-refractivity contribution in [1.29, 1.82) is 0 Å². The number of fused-ring (bicyclic) bond motifs is 5. The Bertz CT molecular complexity index is 1030. The fourth-order valence-corrected chi connectivity index (χ4v) is 9.75. The Kier molecular flexibility index (Phi) is 8.10. The molecule has 4 fully saturated rings. The van der Waals surface area contributed by atoms with Gasteiger partial charge in [0.1, 0.15) is 11.4 Å². The predicted octanol–water partition coefficient (Wildman–Crippen LogP) is 8.17. The fourth-order valence-electron chi connectivity index (χ4n) is 9.75. The molecule has 0 saturated heterocycles. The highest BCUT2D eigenvalue weighted by atomic mass is 16.6. The summed E-state index contributed by atoms with van der Waals surface area (Å²) in [5.41, 5.74) is 1.27. The Morgan fingerprint density at radius 1 is 1.00 bits per heavy atom. The molecule has 0 bridgehead atoms. The standard InChI is InChI=1S/C35H52O4/c1-23(12-15-31(37)39-33(2,3)4)27-13-14-28-32-29(17-19-35(27,28)6)34(5)18-16-26(20-25(34)21-30(32)36)38-22-24-10-8-7-9-11-24/h7-11,23,25-29,32H,12-22H2,1-6H3/t23-,25+,26-,27-,28+,29+,32+,34+,35-/m1/s1. The van der Waals surface area contributed by atoms with E-state index in [4.69, 9.17) is 9.47 Å². The normalized spacial score (nSPS) is 38.9. The van der Waals surface area contributed by atoms with E-state index in [-0.39, 0.29) is 28.8 Å². The number of Topliss-reactive ketones (excluding diaryl/α,β-unsaturated/α-hetero) is 1. The van der Waals surface area contributed by atoms with E-state index in [9.17, 15) is 9.59 Å². The Labute approximate surface area is 237 Å². The molecule has 5 rings (SSSR count). The van der Waals surface area contributed by atoms with E-state index in [0.29, 0.717) is 48.4 Å². The lowest BCUT2D eigenvalue weighted by molar-refractivity contribution is -0.163. The third-order valence-electron chi connectivity index (χ3n) is 11.7. The molecule has 0 unspecified atom stereocenters. The highest BCUT2D eigenvalue weighted by Crippen LogP contribution is 2.67. The van der Waals surface area contributed by atoms with Crippen molar-refractivity contribution in [2.24, 2.45) is 46.3 Å². The van der Waals surface area contributed by atoms with Crippen LogP contribution >= 0.6 is 0 Å². The molecule has 0 amide bonds. The maximum Gasteiger partial charge on any atom is 0.306 e. The van der Waals surface area contributed by atoms with Gasteiger partial charge in [0.25, 0.3) is 0 Å². The van der Waals surface area contributed by atoms with Crippen molar-refractivity contribution in [3.05, 3.63) is 35.9 Å². The second-order valence-corrected chi connectivity index (χ2v) is 15.1. The molecule has 39 heavy (non-hydrogen) atoms. The molecule has 4 nitrogen and oxygen atoms in total. The first-order valence-corrected chi connectivity index (χ1v) is 15.8. The van der Waals surface area contributed by atoms with Crippen LogP contribution in [0, 0.1) is 46.3 Å². The zero-order valence-electron chi connectivity index (χ0n) is 25.3. The summed E-state index contributed by atoms with van der Waals surface area (Å²) in [6.07, 6.45) is 10.5. The molecule has 0 aromatic heterocycles. The summed E-state index contributed by atoms with van der Waals surface area (Å²) in [6.45, 7) is 13.8. The van der Waals surface area contributed by atoms with Crippen LogP contribution in [0.25, 0.3) is 0 Å². The number of carbonyl (C=O) groups excluding carboxylic acids is 2. The Hall–Kier alpha value is -1.68. The molecule has 0 radical (unpaired) electrons. The van der Waals surface area contributed by atoms with Crippen LogP contribution in [0.4, 0.5) is 0 Å². The smallest absolute Gasteiger partial charge is 0.306 e. The molecule has 4 aliphatic rings. The van der Waals surface area contributed by atoms with E-state index in [1.165, 1.54) is 37.7 Å². The Balaban J connectivity index is 1.22. The van der Waals surface area contributed by atoms with Crippen molar-refractivity contribution in [2.75, 3.05) is 0 Å². The summed E-state index contributed by atoms with van der Waals surface area (Å²) in [6, 6.07) is 10.5. The summed E-state index contributed by atoms with van der Waals surface area (Å²) in [5.74, 6) is 3.24. The van der Waals surface area contributed by atoms with Crippen molar-refractivity contribution in [3.8, 4) is 0 Å². The van der Waals surface area contributed by atoms with Crippen LogP contribution in [0.1, 0.15) is 111 Å². The summed E-state index contributed by atoms with van der Waals surface area (Å²) >= 11 is 0. The molecule has 0 heterocycles. The predicted molar refractivity (Wildman–Crippen MR) is 155 cm³/mol. The molecule has 1 aromatic rings. The molecule has 0 N–H and O–H groups in total. The molecule has 1 aromatic carbocycles. The van der Waals surface area contributed by atoms with Crippen molar-refractivity contribution < 1.29 is 19.1 Å². The fraction of sp³-hybridized carbons (Fsp3) is 0.771. The van der Waals surface area contributed by atoms with Crippen LogP contribution in [0.3, 0.4) is 0 Å². The number of benzene rings is 1. The maximum atomic E-state index is 13.9. The van der Waals surface area contributed by atoms with Gasteiger partial charge >= 0.3 is 5.97 Å².